The fourth-order valence-corrected chi connectivity index (χ4v) is 4.06. The number of pyridine rings is 1. The second-order valence-electron chi connectivity index (χ2n) is 8.23. The van der Waals surface area contributed by atoms with Gasteiger partial charge < -0.3 is 10.3 Å². The second kappa shape index (κ2) is 9.44. The van der Waals surface area contributed by atoms with Crippen LogP contribution in [0.3, 0.4) is 0 Å². The Morgan fingerprint density at radius 1 is 1.13 bits per heavy atom. The monoisotopic (exact) mass is 458 g/mol. The molecular formula is C23H28Cl2N6. The van der Waals surface area contributed by atoms with Gasteiger partial charge in [0.25, 0.3) is 0 Å². The van der Waals surface area contributed by atoms with Gasteiger partial charge in [-0.05, 0) is 52.7 Å². The Labute approximate surface area is 193 Å². The number of fused-ring (bicyclic) bond motifs is 1. The van der Waals surface area contributed by atoms with Crippen molar-refractivity contribution in [2.24, 2.45) is 0 Å². The van der Waals surface area contributed by atoms with Crippen LogP contribution in [0.15, 0.2) is 12.4 Å². The number of aromatic nitrogens is 4. The van der Waals surface area contributed by atoms with Crippen molar-refractivity contribution in [1.29, 1.82) is 0 Å². The van der Waals surface area contributed by atoms with E-state index < -0.39 is 0 Å². The third-order valence-electron chi connectivity index (χ3n) is 5.34. The number of rotatable bonds is 5. The predicted molar refractivity (Wildman–Crippen MR) is 129 cm³/mol. The highest BCUT2D eigenvalue weighted by Gasteiger charge is 2.17. The maximum atomic E-state index is 6.44. The lowest BCUT2D eigenvalue weighted by molar-refractivity contribution is 0.200. The summed E-state index contributed by atoms with van der Waals surface area (Å²) < 4.78 is 1.95. The van der Waals surface area contributed by atoms with Crippen molar-refractivity contribution in [3.63, 3.8) is 0 Å². The van der Waals surface area contributed by atoms with Gasteiger partial charge in [0.2, 0.25) is 5.95 Å². The minimum atomic E-state index is 0.119. The molecule has 0 atom stereocenters. The Bertz CT molecular complexity index is 1160. The van der Waals surface area contributed by atoms with Gasteiger partial charge in [-0.15, -0.1) is 0 Å². The van der Waals surface area contributed by atoms with Crippen molar-refractivity contribution in [1.82, 2.24) is 24.4 Å². The number of anilines is 1. The maximum Gasteiger partial charge on any atom is 0.223 e. The van der Waals surface area contributed by atoms with E-state index in [1.165, 1.54) is 0 Å². The summed E-state index contributed by atoms with van der Waals surface area (Å²) in [6, 6.07) is 0.811. The Kier molecular flexibility index (Phi) is 7.10. The summed E-state index contributed by atoms with van der Waals surface area (Å²) in [5, 5.41) is 1.71. The predicted octanol–water partition coefficient (Wildman–Crippen LogP) is 4.85. The Balaban J connectivity index is 2.05. The summed E-state index contributed by atoms with van der Waals surface area (Å²) in [7, 11) is 0. The van der Waals surface area contributed by atoms with Crippen LogP contribution in [0, 0.1) is 25.7 Å². The highest BCUT2D eigenvalue weighted by molar-refractivity contribution is 6.34. The van der Waals surface area contributed by atoms with Crippen molar-refractivity contribution < 1.29 is 0 Å². The van der Waals surface area contributed by atoms with Gasteiger partial charge in [0.1, 0.15) is 10.8 Å². The summed E-state index contributed by atoms with van der Waals surface area (Å²) in [5.74, 6) is 6.67. The summed E-state index contributed by atoms with van der Waals surface area (Å²) in [6.45, 7) is 13.7. The van der Waals surface area contributed by atoms with Crippen molar-refractivity contribution >= 4 is 40.2 Å². The first-order valence-corrected chi connectivity index (χ1v) is 11.0. The molecule has 0 aliphatic rings. The molecule has 3 aromatic rings. The molecule has 6 nitrogen and oxygen atoms in total. The first kappa shape index (κ1) is 23.3. The quantitative estimate of drug-likeness (QED) is 0.436. The van der Waals surface area contributed by atoms with Crippen molar-refractivity contribution in [3.8, 4) is 11.8 Å². The normalized spacial score (nSPS) is 11.6. The van der Waals surface area contributed by atoms with E-state index in [0.29, 0.717) is 41.4 Å². The van der Waals surface area contributed by atoms with E-state index in [1.807, 2.05) is 24.6 Å². The molecule has 0 saturated carbocycles. The van der Waals surface area contributed by atoms with Crippen LogP contribution >= 0.6 is 23.2 Å². The van der Waals surface area contributed by atoms with E-state index in [2.05, 4.69) is 59.4 Å². The highest BCUT2D eigenvalue weighted by atomic mass is 35.5. The fourth-order valence-electron chi connectivity index (χ4n) is 3.63. The van der Waals surface area contributed by atoms with Gasteiger partial charge in [-0.1, -0.05) is 35.0 Å². The van der Waals surface area contributed by atoms with E-state index in [-0.39, 0.29) is 5.95 Å². The summed E-state index contributed by atoms with van der Waals surface area (Å²) in [6.07, 6.45) is 3.71. The van der Waals surface area contributed by atoms with Crippen LogP contribution in [0.4, 0.5) is 5.95 Å². The number of halogens is 2. The van der Waals surface area contributed by atoms with E-state index in [1.54, 1.807) is 6.20 Å². The topological polar surface area (TPSA) is 72.9 Å². The number of nitrogens with zero attached hydrogens (tertiary/aromatic N) is 5. The lowest BCUT2D eigenvalue weighted by Crippen LogP contribution is -2.37. The molecule has 3 rings (SSSR count). The fraction of sp³-hybridized carbons (Fsp3) is 0.435. The zero-order chi connectivity index (χ0) is 22.9. The lowest BCUT2D eigenvalue weighted by Gasteiger charge is -2.28. The molecular weight excluding hydrogens is 431 g/mol. The van der Waals surface area contributed by atoms with Crippen molar-refractivity contribution in [3.05, 3.63) is 45.0 Å². The van der Waals surface area contributed by atoms with E-state index in [9.17, 15) is 0 Å². The Morgan fingerprint density at radius 2 is 1.81 bits per heavy atom. The molecule has 8 heteroatoms. The van der Waals surface area contributed by atoms with Crippen LogP contribution in [-0.2, 0) is 6.54 Å². The highest BCUT2D eigenvalue weighted by Crippen LogP contribution is 2.28. The molecule has 0 unspecified atom stereocenters. The smallest absolute Gasteiger partial charge is 0.223 e. The third-order valence-corrected chi connectivity index (χ3v) is 6.20. The van der Waals surface area contributed by atoms with Gasteiger partial charge in [0.15, 0.2) is 0 Å². The number of hydrogen-bond donors (Lipinski definition) is 1. The molecule has 2 N–H and O–H groups in total. The van der Waals surface area contributed by atoms with E-state index >= 15 is 0 Å². The van der Waals surface area contributed by atoms with Crippen LogP contribution in [0.5, 0.6) is 0 Å². The molecule has 0 spiro atoms. The summed E-state index contributed by atoms with van der Waals surface area (Å²) in [4.78, 5) is 15.4. The Morgan fingerprint density at radius 3 is 2.45 bits per heavy atom. The molecule has 0 aliphatic carbocycles. The third kappa shape index (κ3) is 4.95. The van der Waals surface area contributed by atoms with E-state index in [0.717, 1.165) is 27.4 Å². The largest absolute Gasteiger partial charge is 0.368 e. The van der Waals surface area contributed by atoms with Crippen LogP contribution < -0.4 is 5.73 Å². The Hall–Kier alpha value is -2.33. The zero-order valence-corrected chi connectivity index (χ0v) is 20.3. The van der Waals surface area contributed by atoms with Gasteiger partial charge in [-0.2, -0.15) is 4.98 Å². The van der Waals surface area contributed by atoms with E-state index in [4.69, 9.17) is 28.9 Å². The van der Waals surface area contributed by atoms with Gasteiger partial charge in [-0.3, -0.25) is 9.88 Å². The zero-order valence-electron chi connectivity index (χ0n) is 18.8. The number of nitrogen functional groups attached to an aromatic ring is 1. The van der Waals surface area contributed by atoms with Crippen LogP contribution in [-0.4, -0.2) is 43.0 Å². The molecule has 0 aromatic carbocycles. The first-order valence-electron chi connectivity index (χ1n) is 10.3. The molecule has 31 heavy (non-hydrogen) atoms. The maximum absolute atomic E-state index is 6.44. The minimum absolute atomic E-state index is 0.119. The SMILES string of the molecule is Cc1cnc(Cn2cc(C#CCN(C(C)C)C(C)C)c3c(Cl)nc(N)nc32)c(C)c1Cl. The van der Waals surface area contributed by atoms with Gasteiger partial charge >= 0.3 is 0 Å². The number of hydrogen-bond acceptors (Lipinski definition) is 5. The first-order chi connectivity index (χ1) is 14.6. The average molecular weight is 459 g/mol. The second-order valence-corrected chi connectivity index (χ2v) is 8.97. The molecule has 0 radical (unpaired) electrons. The number of nitrogens with two attached hydrogens (primary N) is 1. The van der Waals surface area contributed by atoms with Crippen LogP contribution in [0.2, 0.25) is 10.2 Å². The lowest BCUT2D eigenvalue weighted by atomic mass is 10.1. The summed E-state index contributed by atoms with van der Waals surface area (Å²) in [5.41, 5.74) is 10.0. The molecule has 0 aliphatic heterocycles. The van der Waals surface area contributed by atoms with Crippen LogP contribution in [0.25, 0.3) is 11.0 Å². The van der Waals surface area contributed by atoms with Gasteiger partial charge in [0, 0.05) is 29.5 Å². The van der Waals surface area contributed by atoms with Crippen LogP contribution in [0.1, 0.15) is 50.1 Å². The molecule has 0 amide bonds. The minimum Gasteiger partial charge on any atom is -0.368 e. The van der Waals surface area contributed by atoms with Crippen molar-refractivity contribution in [2.75, 3.05) is 12.3 Å². The molecule has 0 bridgehead atoms. The molecule has 0 fully saturated rings. The van der Waals surface area contributed by atoms with Crippen molar-refractivity contribution in [2.45, 2.75) is 60.2 Å². The molecule has 164 valence electrons. The molecule has 3 heterocycles. The van der Waals surface area contributed by atoms with Gasteiger partial charge in [-0.25, -0.2) is 4.98 Å². The standard InChI is InChI=1S/C23H28Cl2N6/c1-13(2)31(14(3)4)9-7-8-17-11-30(22-19(17)21(25)28-23(26)29-22)12-18-16(6)20(24)15(5)10-27-18/h10-11,13-14H,9,12H2,1-6H3,(H2,26,28,29). The average Bonchev–Trinajstić information content (AvgIpc) is 3.02. The molecule has 0 saturated heterocycles. The number of aryl methyl sites for hydroxylation is 1. The van der Waals surface area contributed by atoms with Gasteiger partial charge in [0.05, 0.1) is 29.7 Å². The summed E-state index contributed by atoms with van der Waals surface area (Å²) >= 11 is 12.9. The molecule has 3 aromatic heterocycles.